The van der Waals surface area contributed by atoms with Gasteiger partial charge in [0, 0.05) is 19.5 Å². The van der Waals surface area contributed by atoms with Gasteiger partial charge in [-0.3, -0.25) is 4.79 Å². The van der Waals surface area contributed by atoms with Gasteiger partial charge in [0.2, 0.25) is 5.91 Å². The molecular formula is C13H20N2O3. The first-order valence-electron chi connectivity index (χ1n) is 6.07. The molecule has 0 saturated heterocycles. The van der Waals surface area contributed by atoms with E-state index in [4.69, 9.17) is 15.2 Å². The second kappa shape index (κ2) is 8.36. The van der Waals surface area contributed by atoms with Crippen LogP contribution >= 0.6 is 0 Å². The Hall–Kier alpha value is -1.75. The van der Waals surface area contributed by atoms with E-state index in [2.05, 4.69) is 5.32 Å². The third-order valence-corrected chi connectivity index (χ3v) is 2.23. The second-order valence-corrected chi connectivity index (χ2v) is 3.69. The SMILES string of the molecule is CCOc1ccccc1OCCNCCC(N)=O. The molecular weight excluding hydrogens is 232 g/mol. The normalized spacial score (nSPS) is 10.1. The average Bonchev–Trinajstić information content (AvgIpc) is 2.35. The zero-order valence-corrected chi connectivity index (χ0v) is 10.6. The predicted molar refractivity (Wildman–Crippen MR) is 69.8 cm³/mol. The minimum Gasteiger partial charge on any atom is -0.490 e. The molecule has 0 saturated carbocycles. The van der Waals surface area contributed by atoms with E-state index in [0.29, 0.717) is 32.7 Å². The number of benzene rings is 1. The van der Waals surface area contributed by atoms with Gasteiger partial charge in [-0.15, -0.1) is 0 Å². The molecule has 100 valence electrons. The smallest absolute Gasteiger partial charge is 0.218 e. The monoisotopic (exact) mass is 252 g/mol. The van der Waals surface area contributed by atoms with Crippen molar-refractivity contribution in [2.24, 2.45) is 5.73 Å². The lowest BCUT2D eigenvalue weighted by Crippen LogP contribution is -2.25. The van der Waals surface area contributed by atoms with Crippen LogP contribution < -0.4 is 20.5 Å². The highest BCUT2D eigenvalue weighted by Crippen LogP contribution is 2.25. The van der Waals surface area contributed by atoms with Crippen molar-refractivity contribution < 1.29 is 14.3 Å². The highest BCUT2D eigenvalue weighted by molar-refractivity contribution is 5.73. The molecule has 0 aromatic heterocycles. The van der Waals surface area contributed by atoms with Crippen molar-refractivity contribution >= 4 is 5.91 Å². The maximum Gasteiger partial charge on any atom is 0.218 e. The number of primary amides is 1. The van der Waals surface area contributed by atoms with Crippen LogP contribution in [0.3, 0.4) is 0 Å². The van der Waals surface area contributed by atoms with Gasteiger partial charge in [0.25, 0.3) is 0 Å². The number of carbonyl (C=O) groups is 1. The van der Waals surface area contributed by atoms with Gasteiger partial charge in [-0.05, 0) is 19.1 Å². The average molecular weight is 252 g/mol. The van der Waals surface area contributed by atoms with Gasteiger partial charge in [0.05, 0.1) is 6.61 Å². The lowest BCUT2D eigenvalue weighted by molar-refractivity contribution is -0.117. The molecule has 0 bridgehead atoms. The number of rotatable bonds is 9. The molecule has 0 fully saturated rings. The van der Waals surface area contributed by atoms with E-state index in [1.807, 2.05) is 31.2 Å². The number of hydrogen-bond donors (Lipinski definition) is 2. The first kappa shape index (κ1) is 14.3. The Kier molecular flexibility index (Phi) is 6.64. The molecule has 0 aliphatic carbocycles. The van der Waals surface area contributed by atoms with Gasteiger partial charge < -0.3 is 20.5 Å². The lowest BCUT2D eigenvalue weighted by Gasteiger charge is -2.11. The Morgan fingerprint density at radius 3 is 2.50 bits per heavy atom. The molecule has 1 rings (SSSR count). The van der Waals surface area contributed by atoms with Crippen LogP contribution in [-0.2, 0) is 4.79 Å². The van der Waals surface area contributed by atoms with Gasteiger partial charge in [0.1, 0.15) is 6.61 Å². The molecule has 18 heavy (non-hydrogen) atoms. The van der Waals surface area contributed by atoms with E-state index in [-0.39, 0.29) is 5.91 Å². The summed E-state index contributed by atoms with van der Waals surface area (Å²) in [6.45, 7) is 4.29. The van der Waals surface area contributed by atoms with Crippen LogP contribution in [0.25, 0.3) is 0 Å². The lowest BCUT2D eigenvalue weighted by atomic mass is 10.3. The Balaban J connectivity index is 2.24. The highest BCUT2D eigenvalue weighted by Gasteiger charge is 2.02. The van der Waals surface area contributed by atoms with E-state index in [9.17, 15) is 4.79 Å². The zero-order valence-electron chi connectivity index (χ0n) is 10.6. The van der Waals surface area contributed by atoms with E-state index >= 15 is 0 Å². The topological polar surface area (TPSA) is 73.6 Å². The predicted octanol–water partition coefficient (Wildman–Crippen LogP) is 0.929. The molecule has 1 aromatic carbocycles. The fourth-order valence-electron chi connectivity index (χ4n) is 1.41. The molecule has 1 aromatic rings. The van der Waals surface area contributed by atoms with Crippen LogP contribution in [0.2, 0.25) is 0 Å². The molecule has 0 radical (unpaired) electrons. The summed E-state index contributed by atoms with van der Waals surface area (Å²) in [4.78, 5) is 10.5. The summed E-state index contributed by atoms with van der Waals surface area (Å²) in [5, 5.41) is 3.07. The largest absolute Gasteiger partial charge is 0.490 e. The molecule has 0 atom stereocenters. The van der Waals surface area contributed by atoms with Crippen molar-refractivity contribution in [1.29, 1.82) is 0 Å². The van der Waals surface area contributed by atoms with Crippen LogP contribution in [0, 0.1) is 0 Å². The number of nitrogens with one attached hydrogen (secondary N) is 1. The van der Waals surface area contributed by atoms with Gasteiger partial charge in [-0.25, -0.2) is 0 Å². The summed E-state index contributed by atoms with van der Waals surface area (Å²) in [7, 11) is 0. The molecule has 0 unspecified atom stereocenters. The third kappa shape index (κ3) is 5.54. The quantitative estimate of drug-likeness (QED) is 0.641. The zero-order chi connectivity index (χ0) is 13.2. The van der Waals surface area contributed by atoms with E-state index < -0.39 is 0 Å². The molecule has 0 aliphatic heterocycles. The number of hydrogen-bond acceptors (Lipinski definition) is 4. The first-order chi connectivity index (χ1) is 8.74. The molecule has 5 nitrogen and oxygen atoms in total. The number of nitrogens with two attached hydrogens (primary N) is 1. The number of carbonyl (C=O) groups excluding carboxylic acids is 1. The van der Waals surface area contributed by atoms with E-state index in [1.165, 1.54) is 0 Å². The molecule has 0 aliphatic rings. The molecule has 0 heterocycles. The van der Waals surface area contributed by atoms with Crippen LogP contribution in [0.4, 0.5) is 0 Å². The summed E-state index contributed by atoms with van der Waals surface area (Å²) in [5.41, 5.74) is 5.02. The fraction of sp³-hybridized carbons (Fsp3) is 0.462. The molecule has 0 spiro atoms. The van der Waals surface area contributed by atoms with Crippen molar-refractivity contribution in [1.82, 2.24) is 5.32 Å². The standard InChI is InChI=1S/C13H20N2O3/c1-2-17-11-5-3-4-6-12(11)18-10-9-15-8-7-13(14)16/h3-6,15H,2,7-10H2,1H3,(H2,14,16). The first-order valence-corrected chi connectivity index (χ1v) is 6.07. The van der Waals surface area contributed by atoms with Gasteiger partial charge in [0.15, 0.2) is 11.5 Å². The summed E-state index contributed by atoms with van der Waals surface area (Å²) in [6.07, 6.45) is 0.343. The Bertz CT molecular complexity index is 369. The molecule has 1 amide bonds. The summed E-state index contributed by atoms with van der Waals surface area (Å²) in [5.74, 6) is 1.18. The number of para-hydroxylation sites is 2. The maximum absolute atomic E-state index is 10.5. The van der Waals surface area contributed by atoms with Gasteiger partial charge in [-0.1, -0.05) is 12.1 Å². The van der Waals surface area contributed by atoms with E-state index in [1.54, 1.807) is 0 Å². The highest BCUT2D eigenvalue weighted by atomic mass is 16.5. The minimum atomic E-state index is -0.301. The maximum atomic E-state index is 10.5. The van der Waals surface area contributed by atoms with Crippen molar-refractivity contribution in [2.75, 3.05) is 26.3 Å². The summed E-state index contributed by atoms with van der Waals surface area (Å²) >= 11 is 0. The van der Waals surface area contributed by atoms with E-state index in [0.717, 1.165) is 11.5 Å². The number of ether oxygens (including phenoxy) is 2. The van der Waals surface area contributed by atoms with Crippen LogP contribution in [0.1, 0.15) is 13.3 Å². The van der Waals surface area contributed by atoms with Crippen molar-refractivity contribution in [3.05, 3.63) is 24.3 Å². The Labute approximate surface area is 107 Å². The molecule has 5 heteroatoms. The second-order valence-electron chi connectivity index (χ2n) is 3.69. The minimum absolute atomic E-state index is 0.301. The summed E-state index contributed by atoms with van der Waals surface area (Å²) < 4.78 is 11.0. The van der Waals surface area contributed by atoms with Crippen molar-refractivity contribution in [3.8, 4) is 11.5 Å². The molecule has 3 N–H and O–H groups in total. The van der Waals surface area contributed by atoms with Crippen LogP contribution in [-0.4, -0.2) is 32.2 Å². The third-order valence-electron chi connectivity index (χ3n) is 2.23. The van der Waals surface area contributed by atoms with Gasteiger partial charge >= 0.3 is 0 Å². The van der Waals surface area contributed by atoms with Crippen LogP contribution in [0.5, 0.6) is 11.5 Å². The number of amides is 1. The van der Waals surface area contributed by atoms with Crippen LogP contribution in [0.15, 0.2) is 24.3 Å². The van der Waals surface area contributed by atoms with Gasteiger partial charge in [-0.2, -0.15) is 0 Å². The van der Waals surface area contributed by atoms with Crippen molar-refractivity contribution in [2.45, 2.75) is 13.3 Å². The Morgan fingerprint density at radius 1 is 1.22 bits per heavy atom. The summed E-state index contributed by atoms with van der Waals surface area (Å²) in [6, 6.07) is 7.55. The Morgan fingerprint density at radius 2 is 1.89 bits per heavy atom. The van der Waals surface area contributed by atoms with Crippen molar-refractivity contribution in [3.63, 3.8) is 0 Å². The fourth-order valence-corrected chi connectivity index (χ4v) is 1.41.